The van der Waals surface area contributed by atoms with E-state index >= 15 is 0 Å². The second kappa shape index (κ2) is 6.73. The van der Waals surface area contributed by atoms with Crippen LogP contribution in [-0.4, -0.2) is 14.2 Å². The Morgan fingerprint density at radius 2 is 1.90 bits per heavy atom. The highest BCUT2D eigenvalue weighted by molar-refractivity contribution is 6.30. The van der Waals surface area contributed by atoms with Gasteiger partial charge in [-0.2, -0.15) is 0 Å². The molecule has 0 bridgehead atoms. The highest BCUT2D eigenvalue weighted by Gasteiger charge is 2.16. The Labute approximate surface area is 123 Å². The number of methoxy groups -OCH3 is 1. The van der Waals surface area contributed by atoms with Crippen LogP contribution in [0.3, 0.4) is 0 Å². The lowest BCUT2D eigenvalue weighted by Gasteiger charge is -2.19. The lowest BCUT2D eigenvalue weighted by molar-refractivity contribution is 0.399. The van der Waals surface area contributed by atoms with Crippen LogP contribution in [0.2, 0.25) is 5.02 Å². The molecule has 2 rings (SSSR count). The maximum absolute atomic E-state index is 13.5. The van der Waals surface area contributed by atoms with Gasteiger partial charge < -0.3 is 10.1 Å². The summed E-state index contributed by atoms with van der Waals surface area (Å²) < 4.78 is 18.8. The molecule has 0 amide bonds. The van der Waals surface area contributed by atoms with E-state index in [1.807, 2.05) is 31.3 Å². The zero-order valence-corrected chi connectivity index (χ0v) is 12.2. The molecule has 2 aromatic rings. The van der Waals surface area contributed by atoms with E-state index in [0.717, 1.165) is 17.5 Å². The van der Waals surface area contributed by atoms with Gasteiger partial charge in [0.25, 0.3) is 0 Å². The first-order chi connectivity index (χ1) is 9.63. The summed E-state index contributed by atoms with van der Waals surface area (Å²) in [6, 6.07) is 12.2. The Balaban J connectivity index is 2.28. The fourth-order valence-corrected chi connectivity index (χ4v) is 2.33. The molecule has 0 aliphatic carbocycles. The quantitative estimate of drug-likeness (QED) is 0.900. The predicted molar refractivity (Wildman–Crippen MR) is 79.9 cm³/mol. The summed E-state index contributed by atoms with van der Waals surface area (Å²) in [7, 11) is 3.44. The van der Waals surface area contributed by atoms with E-state index < -0.39 is 0 Å². The Hall–Kier alpha value is -1.58. The summed E-state index contributed by atoms with van der Waals surface area (Å²) in [6.07, 6.45) is 0.730. The van der Waals surface area contributed by atoms with Crippen molar-refractivity contribution in [2.24, 2.45) is 0 Å². The molecule has 1 N–H and O–H groups in total. The van der Waals surface area contributed by atoms with Crippen molar-refractivity contribution in [1.29, 1.82) is 0 Å². The molecule has 2 nitrogen and oxygen atoms in total. The van der Waals surface area contributed by atoms with Crippen LogP contribution in [0.25, 0.3) is 0 Å². The van der Waals surface area contributed by atoms with E-state index in [0.29, 0.717) is 10.8 Å². The van der Waals surface area contributed by atoms with Crippen LogP contribution in [0, 0.1) is 5.82 Å². The minimum absolute atomic E-state index is 0.0261. The second-order valence-electron chi connectivity index (χ2n) is 4.56. The fourth-order valence-electron chi connectivity index (χ4n) is 2.20. The Morgan fingerprint density at radius 3 is 2.50 bits per heavy atom. The average molecular weight is 294 g/mol. The first-order valence-corrected chi connectivity index (χ1v) is 6.77. The van der Waals surface area contributed by atoms with Crippen molar-refractivity contribution in [3.63, 3.8) is 0 Å². The van der Waals surface area contributed by atoms with Crippen LogP contribution in [0.1, 0.15) is 17.2 Å². The topological polar surface area (TPSA) is 21.3 Å². The summed E-state index contributed by atoms with van der Waals surface area (Å²) in [5.74, 6) is 0.414. The first-order valence-electron chi connectivity index (χ1n) is 6.39. The van der Waals surface area contributed by atoms with Crippen molar-refractivity contribution in [1.82, 2.24) is 5.32 Å². The molecule has 0 radical (unpaired) electrons. The van der Waals surface area contributed by atoms with Crippen LogP contribution in [0.4, 0.5) is 4.39 Å². The fraction of sp³-hybridized carbons (Fsp3) is 0.250. The van der Waals surface area contributed by atoms with Gasteiger partial charge >= 0.3 is 0 Å². The number of rotatable bonds is 5. The third-order valence-corrected chi connectivity index (χ3v) is 3.52. The van der Waals surface area contributed by atoms with E-state index in [2.05, 4.69) is 5.32 Å². The molecule has 20 heavy (non-hydrogen) atoms. The van der Waals surface area contributed by atoms with Gasteiger partial charge in [0.1, 0.15) is 11.6 Å². The van der Waals surface area contributed by atoms with Crippen molar-refractivity contribution in [2.75, 3.05) is 14.2 Å². The molecular weight excluding hydrogens is 277 g/mol. The van der Waals surface area contributed by atoms with Gasteiger partial charge in [-0.25, -0.2) is 4.39 Å². The molecule has 0 heterocycles. The van der Waals surface area contributed by atoms with Crippen LogP contribution in [-0.2, 0) is 6.42 Å². The van der Waals surface area contributed by atoms with Gasteiger partial charge in [0, 0.05) is 16.6 Å². The molecule has 0 aliphatic rings. The summed E-state index contributed by atoms with van der Waals surface area (Å²) in [6.45, 7) is 0. The third kappa shape index (κ3) is 3.50. The minimum Gasteiger partial charge on any atom is -0.496 e. The van der Waals surface area contributed by atoms with Crippen molar-refractivity contribution in [3.05, 3.63) is 64.4 Å². The maximum atomic E-state index is 13.5. The van der Waals surface area contributed by atoms with Crippen LogP contribution >= 0.6 is 11.6 Å². The molecule has 1 unspecified atom stereocenters. The van der Waals surface area contributed by atoms with E-state index in [1.54, 1.807) is 13.2 Å². The number of ether oxygens (including phenoxy) is 1. The standard InChI is InChI=1S/C16H17ClFNO/c1-19-15(9-11-3-5-12(17)6-4-11)14-10-13(18)7-8-16(14)20-2/h3-8,10,15,19H,9H2,1-2H3. The monoisotopic (exact) mass is 293 g/mol. The maximum Gasteiger partial charge on any atom is 0.123 e. The zero-order chi connectivity index (χ0) is 14.5. The SMILES string of the molecule is CNC(Cc1ccc(Cl)cc1)c1cc(F)ccc1OC. The minimum atomic E-state index is -0.267. The van der Waals surface area contributed by atoms with E-state index in [9.17, 15) is 4.39 Å². The van der Waals surface area contributed by atoms with Crippen LogP contribution in [0.5, 0.6) is 5.75 Å². The Kier molecular flexibility index (Phi) is 4.99. The molecule has 106 valence electrons. The van der Waals surface area contributed by atoms with Gasteiger partial charge in [-0.1, -0.05) is 23.7 Å². The summed E-state index contributed by atoms with van der Waals surface area (Å²) in [5, 5.41) is 3.91. The number of benzene rings is 2. The molecule has 0 aromatic heterocycles. The van der Waals surface area contributed by atoms with Gasteiger partial charge in [0.15, 0.2) is 0 Å². The number of likely N-dealkylation sites (N-methyl/N-ethyl adjacent to an activating group) is 1. The molecule has 0 spiro atoms. The van der Waals surface area contributed by atoms with Gasteiger partial charge in [0.05, 0.1) is 7.11 Å². The Bertz CT molecular complexity index is 571. The molecule has 1 atom stereocenters. The van der Waals surface area contributed by atoms with Gasteiger partial charge in [-0.15, -0.1) is 0 Å². The van der Waals surface area contributed by atoms with Crippen LogP contribution in [0.15, 0.2) is 42.5 Å². The zero-order valence-electron chi connectivity index (χ0n) is 11.5. The van der Waals surface area contributed by atoms with E-state index in [-0.39, 0.29) is 11.9 Å². The molecule has 0 saturated heterocycles. The lowest BCUT2D eigenvalue weighted by atomic mass is 9.98. The Morgan fingerprint density at radius 1 is 1.20 bits per heavy atom. The molecule has 0 fully saturated rings. The van der Waals surface area contributed by atoms with Crippen molar-refractivity contribution in [3.8, 4) is 5.75 Å². The summed E-state index contributed by atoms with van der Waals surface area (Å²) in [5.41, 5.74) is 1.94. The van der Waals surface area contributed by atoms with E-state index in [1.165, 1.54) is 12.1 Å². The molecular formula is C16H17ClFNO. The second-order valence-corrected chi connectivity index (χ2v) is 4.99. The number of nitrogens with one attached hydrogen (secondary N) is 1. The molecule has 4 heteroatoms. The van der Waals surface area contributed by atoms with Gasteiger partial charge in [-0.3, -0.25) is 0 Å². The number of halogens is 2. The van der Waals surface area contributed by atoms with E-state index in [4.69, 9.17) is 16.3 Å². The van der Waals surface area contributed by atoms with Crippen molar-refractivity contribution >= 4 is 11.6 Å². The highest BCUT2D eigenvalue weighted by Crippen LogP contribution is 2.28. The molecule has 2 aromatic carbocycles. The average Bonchev–Trinajstić information content (AvgIpc) is 2.46. The van der Waals surface area contributed by atoms with Gasteiger partial charge in [-0.05, 0) is 49.4 Å². The predicted octanol–water partition coefficient (Wildman–Crippen LogP) is 3.99. The molecule has 0 aliphatic heterocycles. The third-order valence-electron chi connectivity index (χ3n) is 3.27. The largest absolute Gasteiger partial charge is 0.496 e. The van der Waals surface area contributed by atoms with Crippen LogP contribution < -0.4 is 10.1 Å². The highest BCUT2D eigenvalue weighted by atomic mass is 35.5. The normalized spacial score (nSPS) is 12.2. The number of hydrogen-bond acceptors (Lipinski definition) is 2. The first kappa shape index (κ1) is 14.8. The summed E-state index contributed by atoms with van der Waals surface area (Å²) in [4.78, 5) is 0. The summed E-state index contributed by atoms with van der Waals surface area (Å²) >= 11 is 5.88. The number of hydrogen-bond donors (Lipinski definition) is 1. The smallest absolute Gasteiger partial charge is 0.123 e. The van der Waals surface area contributed by atoms with Crippen molar-refractivity contribution in [2.45, 2.75) is 12.5 Å². The van der Waals surface area contributed by atoms with Crippen molar-refractivity contribution < 1.29 is 9.13 Å². The lowest BCUT2D eigenvalue weighted by Crippen LogP contribution is -2.19. The molecule has 0 saturated carbocycles. The van der Waals surface area contributed by atoms with Gasteiger partial charge in [0.2, 0.25) is 0 Å².